The highest BCUT2D eigenvalue weighted by atomic mass is 32.1. The van der Waals surface area contributed by atoms with Crippen molar-refractivity contribution >= 4 is 17.6 Å². The Hall–Kier alpha value is 0.01000. The summed E-state index contributed by atoms with van der Waals surface area (Å²) in [4.78, 5) is 0. The molecule has 0 radical (unpaired) electrons. The second-order valence-corrected chi connectivity index (χ2v) is 1.25. The van der Waals surface area contributed by atoms with Gasteiger partial charge in [-0.05, 0) is 5.37 Å². The first kappa shape index (κ1) is 6.01. The monoisotopic (exact) mass is 105 g/mol. The van der Waals surface area contributed by atoms with Crippen molar-refractivity contribution in [3.05, 3.63) is 0 Å². The summed E-state index contributed by atoms with van der Waals surface area (Å²) in [6, 6.07) is -0.319. The summed E-state index contributed by atoms with van der Waals surface area (Å²) >= 11 is 4.36. The Morgan fingerprint density at radius 3 is 2.50 bits per heavy atom. The molecule has 0 aromatic carbocycles. The van der Waals surface area contributed by atoms with Crippen LogP contribution in [0.25, 0.3) is 0 Å². The Labute approximate surface area is 42.0 Å². The van der Waals surface area contributed by atoms with E-state index in [4.69, 9.17) is 10.8 Å². The molecule has 0 aliphatic rings. The standard InChI is InChI=1S/C3H7NOS/c4-3(1-5)2-6/h2-3,5H,1,4H2/t3-/m0/s1. The molecule has 1 atom stereocenters. The third kappa shape index (κ3) is 2.26. The lowest BCUT2D eigenvalue weighted by molar-refractivity contribution is 0.292. The maximum absolute atomic E-state index is 8.11. The van der Waals surface area contributed by atoms with Crippen molar-refractivity contribution in [2.75, 3.05) is 6.61 Å². The maximum Gasteiger partial charge on any atom is 0.0626 e. The molecule has 0 unspecified atom stereocenters. The van der Waals surface area contributed by atoms with E-state index in [2.05, 4.69) is 12.2 Å². The van der Waals surface area contributed by atoms with Crippen molar-refractivity contribution in [3.8, 4) is 0 Å². The molecule has 0 heterocycles. The molecular weight excluding hydrogens is 98.1 g/mol. The quantitative estimate of drug-likeness (QED) is 0.457. The van der Waals surface area contributed by atoms with Gasteiger partial charge in [-0.3, -0.25) is 0 Å². The van der Waals surface area contributed by atoms with Crippen LogP contribution in [0.1, 0.15) is 0 Å². The van der Waals surface area contributed by atoms with Gasteiger partial charge in [-0.25, -0.2) is 0 Å². The van der Waals surface area contributed by atoms with Crippen LogP contribution in [0, 0.1) is 0 Å². The second-order valence-electron chi connectivity index (χ2n) is 0.983. The number of thiocarbonyl (C=S) groups is 1. The predicted octanol–water partition coefficient (Wildman–Crippen LogP) is -0.694. The van der Waals surface area contributed by atoms with Crippen LogP contribution in [-0.4, -0.2) is 23.1 Å². The number of hydrogen-bond donors (Lipinski definition) is 2. The summed E-state index contributed by atoms with van der Waals surface area (Å²) in [6.45, 7) is -0.0521. The molecule has 0 amide bonds. The molecule has 0 fully saturated rings. The van der Waals surface area contributed by atoms with Gasteiger partial charge in [0.15, 0.2) is 0 Å². The highest BCUT2D eigenvalue weighted by Gasteiger charge is 1.87. The van der Waals surface area contributed by atoms with Gasteiger partial charge in [-0.1, -0.05) is 12.2 Å². The Balaban J connectivity index is 2.96. The number of aliphatic hydroxyl groups is 1. The fourth-order valence-electron chi connectivity index (χ4n) is 0.0430. The minimum absolute atomic E-state index is 0.0521. The number of rotatable bonds is 2. The topological polar surface area (TPSA) is 46.2 Å². The summed E-state index contributed by atoms with van der Waals surface area (Å²) in [5.74, 6) is 0. The van der Waals surface area contributed by atoms with Crippen LogP contribution in [-0.2, 0) is 0 Å². The van der Waals surface area contributed by atoms with Gasteiger partial charge < -0.3 is 10.8 Å². The first-order chi connectivity index (χ1) is 2.81. The zero-order chi connectivity index (χ0) is 4.99. The van der Waals surface area contributed by atoms with Crippen molar-refractivity contribution in [1.82, 2.24) is 0 Å². The smallest absolute Gasteiger partial charge is 0.0626 e. The molecule has 0 aromatic heterocycles. The summed E-state index contributed by atoms with van der Waals surface area (Å²) in [5.41, 5.74) is 5.06. The summed E-state index contributed by atoms with van der Waals surface area (Å²) in [5, 5.41) is 9.45. The molecule has 6 heavy (non-hydrogen) atoms. The average molecular weight is 105 g/mol. The van der Waals surface area contributed by atoms with E-state index in [0.717, 1.165) is 0 Å². The van der Waals surface area contributed by atoms with Gasteiger partial charge >= 0.3 is 0 Å². The number of nitrogens with two attached hydrogens (primary N) is 1. The fraction of sp³-hybridized carbons (Fsp3) is 0.667. The lowest BCUT2D eigenvalue weighted by Gasteiger charge is -1.92. The molecule has 3 N–H and O–H groups in total. The van der Waals surface area contributed by atoms with Crippen LogP contribution in [0.4, 0.5) is 0 Å². The van der Waals surface area contributed by atoms with E-state index in [0.29, 0.717) is 0 Å². The third-order valence-corrected chi connectivity index (χ3v) is 0.735. The number of hydrogen-bond acceptors (Lipinski definition) is 3. The minimum Gasteiger partial charge on any atom is -0.394 e. The van der Waals surface area contributed by atoms with E-state index in [1.165, 1.54) is 5.37 Å². The van der Waals surface area contributed by atoms with E-state index in [1.54, 1.807) is 0 Å². The summed E-state index contributed by atoms with van der Waals surface area (Å²) < 4.78 is 0. The van der Waals surface area contributed by atoms with Gasteiger partial charge in [0.05, 0.1) is 12.6 Å². The van der Waals surface area contributed by atoms with E-state index in [9.17, 15) is 0 Å². The molecule has 0 saturated heterocycles. The molecular formula is C3H7NOS. The zero-order valence-corrected chi connectivity index (χ0v) is 4.11. The third-order valence-electron chi connectivity index (χ3n) is 0.386. The van der Waals surface area contributed by atoms with E-state index in [1.807, 2.05) is 0 Å². The molecule has 2 nitrogen and oxygen atoms in total. The Morgan fingerprint density at radius 2 is 2.50 bits per heavy atom. The van der Waals surface area contributed by atoms with E-state index in [-0.39, 0.29) is 12.6 Å². The van der Waals surface area contributed by atoms with Crippen LogP contribution in [0.2, 0.25) is 0 Å². The van der Waals surface area contributed by atoms with Crippen molar-refractivity contribution in [1.29, 1.82) is 0 Å². The molecule has 0 spiro atoms. The van der Waals surface area contributed by atoms with Crippen LogP contribution < -0.4 is 5.73 Å². The Kier molecular flexibility index (Phi) is 3.21. The normalized spacial score (nSPS) is 13.7. The molecule has 0 aromatic rings. The predicted molar refractivity (Wildman–Crippen MR) is 28.7 cm³/mol. The van der Waals surface area contributed by atoms with Crippen molar-refractivity contribution in [2.24, 2.45) is 5.73 Å². The molecule has 0 rings (SSSR count). The Morgan fingerprint density at radius 1 is 2.00 bits per heavy atom. The first-order valence-corrected chi connectivity index (χ1v) is 2.10. The minimum atomic E-state index is -0.319. The average Bonchev–Trinajstić information content (AvgIpc) is 1.65. The summed E-state index contributed by atoms with van der Waals surface area (Å²) in [7, 11) is 0. The fourth-order valence-corrected chi connectivity index (χ4v) is 0.129. The van der Waals surface area contributed by atoms with Crippen molar-refractivity contribution < 1.29 is 5.11 Å². The molecule has 3 heteroatoms. The zero-order valence-electron chi connectivity index (χ0n) is 3.29. The SMILES string of the molecule is N[C@H](C=S)CO. The molecule has 0 aliphatic carbocycles. The second kappa shape index (κ2) is 3.21. The highest BCUT2D eigenvalue weighted by Crippen LogP contribution is 1.64. The van der Waals surface area contributed by atoms with Gasteiger partial charge in [0.2, 0.25) is 0 Å². The van der Waals surface area contributed by atoms with Crippen LogP contribution in [0.15, 0.2) is 0 Å². The number of aliphatic hydroxyl groups excluding tert-OH is 1. The molecule has 36 valence electrons. The molecule has 0 saturated carbocycles. The molecule has 0 bridgehead atoms. The van der Waals surface area contributed by atoms with Gasteiger partial charge in [0.25, 0.3) is 0 Å². The Bertz CT molecular complexity index is 48.1. The van der Waals surface area contributed by atoms with E-state index < -0.39 is 0 Å². The largest absolute Gasteiger partial charge is 0.394 e. The van der Waals surface area contributed by atoms with Gasteiger partial charge in [0.1, 0.15) is 0 Å². The summed E-state index contributed by atoms with van der Waals surface area (Å²) in [6.07, 6.45) is 0. The van der Waals surface area contributed by atoms with E-state index >= 15 is 0 Å². The van der Waals surface area contributed by atoms with Crippen LogP contribution in [0.3, 0.4) is 0 Å². The van der Waals surface area contributed by atoms with Gasteiger partial charge in [-0.2, -0.15) is 0 Å². The lowest BCUT2D eigenvalue weighted by Crippen LogP contribution is -2.24. The van der Waals surface area contributed by atoms with Crippen LogP contribution in [0.5, 0.6) is 0 Å². The highest BCUT2D eigenvalue weighted by molar-refractivity contribution is 7.79. The van der Waals surface area contributed by atoms with Crippen LogP contribution >= 0.6 is 12.2 Å². The van der Waals surface area contributed by atoms with Crippen molar-refractivity contribution in [3.63, 3.8) is 0 Å². The first-order valence-electron chi connectivity index (χ1n) is 1.63. The lowest BCUT2D eigenvalue weighted by atomic mass is 10.4. The van der Waals surface area contributed by atoms with Gasteiger partial charge in [0, 0.05) is 0 Å². The van der Waals surface area contributed by atoms with Gasteiger partial charge in [-0.15, -0.1) is 0 Å². The van der Waals surface area contributed by atoms with Crippen molar-refractivity contribution in [2.45, 2.75) is 6.04 Å². The molecule has 0 aliphatic heterocycles. The maximum atomic E-state index is 8.11.